The molecule has 0 radical (unpaired) electrons. The van der Waals surface area contributed by atoms with Crippen molar-refractivity contribution in [1.82, 2.24) is 14.9 Å². The smallest absolute Gasteiger partial charge is 0.222 e. The molecule has 0 bridgehead atoms. The summed E-state index contributed by atoms with van der Waals surface area (Å²) in [6.07, 6.45) is 6.92. The molecule has 1 amide bonds. The van der Waals surface area contributed by atoms with Gasteiger partial charge in [-0.1, -0.05) is 54.1 Å². The number of hydrogen-bond acceptors (Lipinski definition) is 3. The largest absolute Gasteiger partial charge is 0.342 e. The number of amides is 1. The Morgan fingerprint density at radius 3 is 2.72 bits per heavy atom. The van der Waals surface area contributed by atoms with Crippen LogP contribution in [0.25, 0.3) is 11.3 Å². The molecule has 3 aromatic rings. The molecule has 4 nitrogen and oxygen atoms in total. The van der Waals surface area contributed by atoms with Gasteiger partial charge >= 0.3 is 0 Å². The minimum Gasteiger partial charge on any atom is -0.342 e. The third kappa shape index (κ3) is 4.70. The van der Waals surface area contributed by atoms with Gasteiger partial charge in [0.2, 0.25) is 5.91 Å². The first-order chi connectivity index (χ1) is 14.2. The van der Waals surface area contributed by atoms with Gasteiger partial charge in [0.05, 0.1) is 11.4 Å². The van der Waals surface area contributed by atoms with Crippen LogP contribution in [0, 0.1) is 6.92 Å². The molecular weight excluding hydrogens is 358 g/mol. The highest BCUT2D eigenvalue weighted by molar-refractivity contribution is 5.76. The molecule has 1 unspecified atom stereocenters. The molecule has 0 spiro atoms. The third-order valence-corrected chi connectivity index (χ3v) is 5.65. The lowest BCUT2D eigenvalue weighted by molar-refractivity contribution is -0.132. The molecule has 0 aliphatic carbocycles. The molecule has 2 heterocycles. The van der Waals surface area contributed by atoms with Crippen LogP contribution in [-0.2, 0) is 11.2 Å². The number of aryl methyl sites for hydroxylation is 2. The minimum absolute atomic E-state index is 0.230. The molecule has 1 aliphatic rings. The van der Waals surface area contributed by atoms with E-state index in [0.29, 0.717) is 6.42 Å². The Hall–Kier alpha value is -3.01. The van der Waals surface area contributed by atoms with Gasteiger partial charge in [-0.05, 0) is 37.8 Å². The van der Waals surface area contributed by atoms with E-state index in [1.165, 1.54) is 11.1 Å². The Balaban J connectivity index is 1.48. The van der Waals surface area contributed by atoms with E-state index in [0.717, 1.165) is 49.3 Å². The second kappa shape index (κ2) is 8.99. The molecule has 148 valence electrons. The Bertz CT molecular complexity index is 971. The van der Waals surface area contributed by atoms with Gasteiger partial charge in [-0.25, -0.2) is 0 Å². The van der Waals surface area contributed by atoms with E-state index >= 15 is 0 Å². The zero-order valence-electron chi connectivity index (χ0n) is 16.9. The van der Waals surface area contributed by atoms with Crippen molar-refractivity contribution in [2.75, 3.05) is 13.1 Å². The van der Waals surface area contributed by atoms with Crippen LogP contribution in [0.5, 0.6) is 0 Å². The number of carbonyl (C=O) groups is 1. The maximum absolute atomic E-state index is 12.8. The average Bonchev–Trinajstić information content (AvgIpc) is 2.78. The van der Waals surface area contributed by atoms with Crippen LogP contribution in [0.15, 0.2) is 67.0 Å². The highest BCUT2D eigenvalue weighted by atomic mass is 16.2. The topological polar surface area (TPSA) is 46.1 Å². The normalized spacial score (nSPS) is 16.6. The van der Waals surface area contributed by atoms with E-state index in [1.807, 2.05) is 23.1 Å². The maximum atomic E-state index is 12.8. The van der Waals surface area contributed by atoms with Gasteiger partial charge in [0, 0.05) is 43.4 Å². The molecule has 1 fully saturated rings. The van der Waals surface area contributed by atoms with Crippen molar-refractivity contribution in [3.8, 4) is 11.3 Å². The van der Waals surface area contributed by atoms with Crippen LogP contribution < -0.4 is 0 Å². The molecule has 1 atom stereocenters. The van der Waals surface area contributed by atoms with Crippen molar-refractivity contribution in [1.29, 1.82) is 0 Å². The summed E-state index contributed by atoms with van der Waals surface area (Å²) in [6, 6.07) is 18.6. The predicted octanol–water partition coefficient (Wildman–Crippen LogP) is 4.79. The van der Waals surface area contributed by atoms with Crippen molar-refractivity contribution in [2.24, 2.45) is 0 Å². The van der Waals surface area contributed by atoms with Gasteiger partial charge in [0.1, 0.15) is 0 Å². The SMILES string of the molecule is Cc1cccc(-c2nccnc2C2CCCN(C(=O)CCc3ccccc3)C2)c1. The minimum atomic E-state index is 0.230. The number of aromatic nitrogens is 2. The summed E-state index contributed by atoms with van der Waals surface area (Å²) in [6.45, 7) is 3.66. The molecule has 0 saturated carbocycles. The number of benzene rings is 2. The summed E-state index contributed by atoms with van der Waals surface area (Å²) in [5.74, 6) is 0.466. The Labute approximate surface area is 172 Å². The first-order valence-electron chi connectivity index (χ1n) is 10.4. The quantitative estimate of drug-likeness (QED) is 0.634. The summed E-state index contributed by atoms with van der Waals surface area (Å²) in [7, 11) is 0. The highest BCUT2D eigenvalue weighted by Crippen LogP contribution is 2.32. The fraction of sp³-hybridized carbons (Fsp3) is 0.320. The van der Waals surface area contributed by atoms with Gasteiger partial charge in [-0.3, -0.25) is 14.8 Å². The zero-order valence-corrected chi connectivity index (χ0v) is 16.9. The second-order valence-corrected chi connectivity index (χ2v) is 7.82. The number of carbonyl (C=O) groups excluding carboxylic acids is 1. The van der Waals surface area contributed by atoms with Crippen LogP contribution in [0.1, 0.15) is 42.0 Å². The summed E-state index contributed by atoms with van der Waals surface area (Å²) < 4.78 is 0. The molecule has 1 saturated heterocycles. The van der Waals surface area contributed by atoms with E-state index in [1.54, 1.807) is 12.4 Å². The number of nitrogens with zero attached hydrogens (tertiary/aromatic N) is 3. The lowest BCUT2D eigenvalue weighted by Gasteiger charge is -2.33. The molecule has 4 heteroatoms. The third-order valence-electron chi connectivity index (χ3n) is 5.65. The maximum Gasteiger partial charge on any atom is 0.222 e. The monoisotopic (exact) mass is 385 g/mol. The van der Waals surface area contributed by atoms with Crippen molar-refractivity contribution in [2.45, 2.75) is 38.5 Å². The van der Waals surface area contributed by atoms with Crippen molar-refractivity contribution < 1.29 is 4.79 Å². The fourth-order valence-electron chi connectivity index (χ4n) is 4.14. The molecule has 2 aromatic carbocycles. The lowest BCUT2D eigenvalue weighted by atomic mass is 9.91. The van der Waals surface area contributed by atoms with Crippen LogP contribution in [-0.4, -0.2) is 33.9 Å². The van der Waals surface area contributed by atoms with Crippen LogP contribution in [0.2, 0.25) is 0 Å². The summed E-state index contributed by atoms with van der Waals surface area (Å²) in [4.78, 5) is 24.2. The van der Waals surface area contributed by atoms with Crippen LogP contribution in [0.4, 0.5) is 0 Å². The van der Waals surface area contributed by atoms with Crippen molar-refractivity contribution in [3.63, 3.8) is 0 Å². The summed E-state index contributed by atoms with van der Waals surface area (Å²) >= 11 is 0. The van der Waals surface area contributed by atoms with E-state index in [4.69, 9.17) is 4.98 Å². The summed E-state index contributed by atoms with van der Waals surface area (Å²) in [5, 5.41) is 0. The van der Waals surface area contributed by atoms with Gasteiger partial charge < -0.3 is 4.90 Å². The first-order valence-corrected chi connectivity index (χ1v) is 10.4. The Kier molecular flexibility index (Phi) is 5.99. The van der Waals surface area contributed by atoms with Gasteiger partial charge in [-0.15, -0.1) is 0 Å². The molecule has 4 rings (SSSR count). The van der Waals surface area contributed by atoms with Crippen molar-refractivity contribution in [3.05, 3.63) is 83.8 Å². The van der Waals surface area contributed by atoms with E-state index in [2.05, 4.69) is 48.3 Å². The van der Waals surface area contributed by atoms with E-state index < -0.39 is 0 Å². The van der Waals surface area contributed by atoms with E-state index in [9.17, 15) is 4.79 Å². The molecule has 29 heavy (non-hydrogen) atoms. The van der Waals surface area contributed by atoms with Crippen LogP contribution in [0.3, 0.4) is 0 Å². The molecular formula is C25H27N3O. The number of hydrogen-bond donors (Lipinski definition) is 0. The molecule has 1 aliphatic heterocycles. The highest BCUT2D eigenvalue weighted by Gasteiger charge is 2.27. The molecule has 1 aromatic heterocycles. The van der Waals surface area contributed by atoms with Crippen LogP contribution >= 0.6 is 0 Å². The predicted molar refractivity (Wildman–Crippen MR) is 116 cm³/mol. The van der Waals surface area contributed by atoms with Gasteiger partial charge in [0.25, 0.3) is 0 Å². The average molecular weight is 386 g/mol. The Morgan fingerprint density at radius 2 is 1.90 bits per heavy atom. The lowest BCUT2D eigenvalue weighted by Crippen LogP contribution is -2.39. The second-order valence-electron chi connectivity index (χ2n) is 7.82. The van der Waals surface area contributed by atoms with E-state index in [-0.39, 0.29) is 11.8 Å². The fourth-order valence-corrected chi connectivity index (χ4v) is 4.14. The number of likely N-dealkylation sites (tertiary alicyclic amines) is 1. The number of rotatable bonds is 5. The standard InChI is InChI=1S/C25H27N3O/c1-19-7-5-10-21(17-19)24-25(27-15-14-26-24)22-11-6-16-28(18-22)23(29)13-12-20-8-3-2-4-9-20/h2-5,7-10,14-15,17,22H,6,11-13,16,18H2,1H3. The van der Waals surface area contributed by atoms with Gasteiger partial charge in [-0.2, -0.15) is 0 Å². The number of piperidine rings is 1. The Morgan fingerprint density at radius 1 is 1.07 bits per heavy atom. The zero-order chi connectivity index (χ0) is 20.1. The molecule has 0 N–H and O–H groups in total. The van der Waals surface area contributed by atoms with Gasteiger partial charge in [0.15, 0.2) is 0 Å². The summed E-state index contributed by atoms with van der Waals surface area (Å²) in [5.41, 5.74) is 5.48. The van der Waals surface area contributed by atoms with Crippen molar-refractivity contribution >= 4 is 5.91 Å². The first kappa shape index (κ1) is 19.3.